The van der Waals surface area contributed by atoms with Gasteiger partial charge in [-0.25, -0.2) is 4.98 Å². The quantitative estimate of drug-likeness (QED) is 0.318. The number of thiophene rings is 1. The van der Waals surface area contributed by atoms with Gasteiger partial charge in [-0.3, -0.25) is 0 Å². The molecule has 4 rings (SSSR count). The van der Waals surface area contributed by atoms with E-state index >= 15 is 0 Å². The molecule has 0 fully saturated rings. The second kappa shape index (κ2) is 7.58. The van der Waals surface area contributed by atoms with Crippen molar-refractivity contribution in [3.63, 3.8) is 0 Å². The summed E-state index contributed by atoms with van der Waals surface area (Å²) in [5, 5.41) is 1.34. The predicted octanol–water partition coefficient (Wildman–Crippen LogP) is 6.72. The number of anilines is 1. The fourth-order valence-corrected chi connectivity index (χ4v) is 4.76. The lowest BCUT2D eigenvalue weighted by Gasteiger charge is -2.20. The van der Waals surface area contributed by atoms with Crippen molar-refractivity contribution in [1.82, 2.24) is 9.97 Å². The Bertz CT molecular complexity index is 1090. The lowest BCUT2D eigenvalue weighted by atomic mass is 10.0. The van der Waals surface area contributed by atoms with E-state index in [0.29, 0.717) is 0 Å². The van der Waals surface area contributed by atoms with E-state index in [0.717, 1.165) is 32.6 Å². The van der Waals surface area contributed by atoms with Gasteiger partial charge in [0, 0.05) is 28.5 Å². The number of fused-ring (bicyclic) bond motifs is 1. The zero-order valence-electron chi connectivity index (χ0n) is 14.9. The molecule has 6 heteroatoms. The van der Waals surface area contributed by atoms with Gasteiger partial charge >= 0.3 is 0 Å². The van der Waals surface area contributed by atoms with Crippen LogP contribution in [0.1, 0.15) is 10.4 Å². The van der Waals surface area contributed by atoms with Crippen molar-refractivity contribution >= 4 is 54.9 Å². The van der Waals surface area contributed by atoms with Crippen LogP contribution in [0.25, 0.3) is 21.3 Å². The fraction of sp³-hybridized carbons (Fsp3) is 0.143. The van der Waals surface area contributed by atoms with E-state index in [4.69, 9.17) is 11.6 Å². The summed E-state index contributed by atoms with van der Waals surface area (Å²) in [4.78, 5) is 13.3. The van der Waals surface area contributed by atoms with E-state index in [-0.39, 0.29) is 5.28 Å². The number of hydrogen-bond donors (Lipinski definition) is 0. The highest BCUT2D eigenvalue weighted by molar-refractivity contribution is 9.10. The Morgan fingerprint density at radius 2 is 1.74 bits per heavy atom. The first-order chi connectivity index (χ1) is 13.0. The number of benzene rings is 2. The summed E-state index contributed by atoms with van der Waals surface area (Å²) in [7, 11) is 2.05. The number of halogens is 2. The molecule has 0 aliphatic heterocycles. The summed E-state index contributed by atoms with van der Waals surface area (Å²) >= 11 is 11.4. The summed E-state index contributed by atoms with van der Waals surface area (Å²) in [5.74, 6) is 0.858. The topological polar surface area (TPSA) is 29.0 Å². The average molecular weight is 459 g/mol. The molecule has 2 aromatic carbocycles. The Labute approximate surface area is 175 Å². The summed E-state index contributed by atoms with van der Waals surface area (Å²) < 4.78 is 1.06. The van der Waals surface area contributed by atoms with Crippen LogP contribution in [-0.2, 0) is 6.54 Å². The number of nitrogens with zero attached hydrogens (tertiary/aromatic N) is 3. The summed E-state index contributed by atoms with van der Waals surface area (Å²) in [6.45, 7) is 2.87. The molecule has 136 valence electrons. The molecule has 27 heavy (non-hydrogen) atoms. The summed E-state index contributed by atoms with van der Waals surface area (Å²) in [6, 6.07) is 18.7. The highest BCUT2D eigenvalue weighted by Gasteiger charge is 2.20. The normalized spacial score (nSPS) is 11.1. The molecule has 4 aromatic rings. The third-order valence-corrected chi connectivity index (χ3v) is 6.14. The van der Waals surface area contributed by atoms with Gasteiger partial charge in [0.25, 0.3) is 0 Å². The maximum atomic E-state index is 6.25. The van der Waals surface area contributed by atoms with Gasteiger partial charge < -0.3 is 4.90 Å². The summed E-state index contributed by atoms with van der Waals surface area (Å²) in [5.41, 5.74) is 3.55. The summed E-state index contributed by atoms with van der Waals surface area (Å²) in [6.07, 6.45) is 0. The SMILES string of the molecule is Cc1sc2nc(Cl)nc(N(C)Cc3ccccc3)c2c1-c1ccc(Br)cc1. The van der Waals surface area contributed by atoms with Gasteiger partial charge in [-0.2, -0.15) is 4.98 Å². The Hall–Kier alpha value is -1.95. The lowest BCUT2D eigenvalue weighted by molar-refractivity contribution is 0.901. The standard InChI is InChI=1S/C21H17BrClN3S/c1-13-17(15-8-10-16(22)11-9-15)18-19(24-21(23)25-20(18)27-13)26(2)12-14-6-4-3-5-7-14/h3-11H,12H2,1-2H3. The van der Waals surface area contributed by atoms with Crippen LogP contribution in [0.4, 0.5) is 5.82 Å². The zero-order valence-corrected chi connectivity index (χ0v) is 18.1. The number of aryl methyl sites for hydroxylation is 1. The van der Waals surface area contributed by atoms with Crippen molar-refractivity contribution in [1.29, 1.82) is 0 Å². The van der Waals surface area contributed by atoms with Crippen LogP contribution in [0, 0.1) is 6.92 Å². The Balaban J connectivity index is 1.88. The molecule has 2 heterocycles. The first-order valence-corrected chi connectivity index (χ1v) is 10.5. The fourth-order valence-electron chi connectivity index (χ4n) is 3.24. The molecule has 0 N–H and O–H groups in total. The predicted molar refractivity (Wildman–Crippen MR) is 119 cm³/mol. The molecule has 0 aliphatic carbocycles. The van der Waals surface area contributed by atoms with Crippen molar-refractivity contribution in [2.45, 2.75) is 13.5 Å². The molecule has 3 nitrogen and oxygen atoms in total. The molecule has 0 radical (unpaired) electrons. The van der Waals surface area contributed by atoms with Crippen molar-refractivity contribution in [2.24, 2.45) is 0 Å². The van der Waals surface area contributed by atoms with Gasteiger partial charge in [0.15, 0.2) is 0 Å². The molecule has 0 saturated heterocycles. The molecule has 0 spiro atoms. The van der Waals surface area contributed by atoms with Crippen molar-refractivity contribution in [2.75, 3.05) is 11.9 Å². The maximum absolute atomic E-state index is 6.25. The third-order valence-electron chi connectivity index (χ3n) is 4.44. The Kier molecular flexibility index (Phi) is 5.17. The van der Waals surface area contributed by atoms with Gasteiger partial charge in [0.2, 0.25) is 5.28 Å². The maximum Gasteiger partial charge on any atom is 0.225 e. The van der Waals surface area contributed by atoms with Gasteiger partial charge in [-0.1, -0.05) is 58.4 Å². The van der Waals surface area contributed by atoms with E-state index in [2.05, 4.69) is 74.1 Å². The number of rotatable bonds is 4. The van der Waals surface area contributed by atoms with E-state index in [1.807, 2.05) is 25.2 Å². The van der Waals surface area contributed by atoms with Crippen LogP contribution >= 0.6 is 38.9 Å². The van der Waals surface area contributed by atoms with E-state index < -0.39 is 0 Å². The van der Waals surface area contributed by atoms with Gasteiger partial charge in [0.05, 0.1) is 5.39 Å². The van der Waals surface area contributed by atoms with Gasteiger partial charge in [-0.15, -0.1) is 11.3 Å². The minimum absolute atomic E-state index is 0.279. The van der Waals surface area contributed by atoms with Crippen molar-refractivity contribution < 1.29 is 0 Å². The first-order valence-electron chi connectivity index (χ1n) is 8.50. The Morgan fingerprint density at radius 3 is 2.44 bits per heavy atom. The zero-order chi connectivity index (χ0) is 19.0. The van der Waals surface area contributed by atoms with Gasteiger partial charge in [0.1, 0.15) is 10.6 Å². The highest BCUT2D eigenvalue weighted by atomic mass is 79.9. The lowest BCUT2D eigenvalue weighted by Crippen LogP contribution is -2.18. The van der Waals surface area contributed by atoms with Crippen LogP contribution in [0.3, 0.4) is 0 Å². The minimum Gasteiger partial charge on any atom is -0.355 e. The molecular formula is C21H17BrClN3S. The average Bonchev–Trinajstić information content (AvgIpc) is 2.98. The van der Waals surface area contributed by atoms with Crippen LogP contribution < -0.4 is 4.90 Å². The molecule has 0 bridgehead atoms. The molecule has 0 aliphatic rings. The van der Waals surface area contributed by atoms with E-state index in [1.165, 1.54) is 16.0 Å². The molecule has 2 aromatic heterocycles. The van der Waals surface area contributed by atoms with Crippen LogP contribution in [0.15, 0.2) is 59.1 Å². The third kappa shape index (κ3) is 3.72. The second-order valence-electron chi connectivity index (χ2n) is 6.38. The van der Waals surface area contributed by atoms with Crippen molar-refractivity contribution in [3.8, 4) is 11.1 Å². The van der Waals surface area contributed by atoms with Crippen LogP contribution in [-0.4, -0.2) is 17.0 Å². The molecule has 0 unspecified atom stereocenters. The van der Waals surface area contributed by atoms with Crippen molar-refractivity contribution in [3.05, 3.63) is 74.8 Å². The minimum atomic E-state index is 0.279. The molecular weight excluding hydrogens is 442 g/mol. The molecule has 0 saturated carbocycles. The first kappa shape index (κ1) is 18.4. The number of aromatic nitrogens is 2. The van der Waals surface area contributed by atoms with Gasteiger partial charge in [-0.05, 0) is 41.8 Å². The molecule has 0 amide bonds. The van der Waals surface area contributed by atoms with Crippen LogP contribution in [0.5, 0.6) is 0 Å². The Morgan fingerprint density at radius 1 is 1.04 bits per heavy atom. The number of hydrogen-bond acceptors (Lipinski definition) is 4. The van der Waals surface area contributed by atoms with Crippen LogP contribution in [0.2, 0.25) is 5.28 Å². The smallest absolute Gasteiger partial charge is 0.225 e. The monoisotopic (exact) mass is 457 g/mol. The molecule has 0 atom stereocenters. The largest absolute Gasteiger partial charge is 0.355 e. The highest BCUT2D eigenvalue weighted by Crippen LogP contribution is 2.42. The van der Waals surface area contributed by atoms with E-state index in [1.54, 1.807) is 11.3 Å². The van der Waals surface area contributed by atoms with E-state index in [9.17, 15) is 0 Å². The second-order valence-corrected chi connectivity index (χ2v) is 8.84.